The number of hydrogen-bond acceptors (Lipinski definition) is 3. The van der Waals surface area contributed by atoms with Crippen LogP contribution < -0.4 is 4.90 Å². The van der Waals surface area contributed by atoms with Crippen molar-refractivity contribution in [2.75, 3.05) is 11.4 Å². The van der Waals surface area contributed by atoms with Gasteiger partial charge in [-0.05, 0) is 32.9 Å². The lowest BCUT2D eigenvalue weighted by Gasteiger charge is -2.26. The van der Waals surface area contributed by atoms with Crippen LogP contribution in [-0.2, 0) is 9.53 Å². The summed E-state index contributed by atoms with van der Waals surface area (Å²) in [7, 11) is 0. The van der Waals surface area contributed by atoms with Crippen LogP contribution in [0.1, 0.15) is 20.8 Å². The summed E-state index contributed by atoms with van der Waals surface area (Å²) in [6.45, 7) is 4.45. The van der Waals surface area contributed by atoms with Crippen LogP contribution in [0.4, 0.5) is 14.9 Å². The molecule has 1 aromatic carbocycles. The molecule has 0 radical (unpaired) electrons. The molecule has 18 heavy (non-hydrogen) atoms. The zero-order chi connectivity index (χ0) is 13.8. The first-order chi connectivity index (χ1) is 8.29. The normalized spacial score (nSPS) is 10.9. The van der Waals surface area contributed by atoms with E-state index >= 15 is 0 Å². The fourth-order valence-electron chi connectivity index (χ4n) is 1.31. The topological polar surface area (TPSA) is 46.6 Å². The second-order valence-electron chi connectivity index (χ2n) is 4.76. The second-order valence-corrected chi connectivity index (χ2v) is 4.76. The molecular formula is C13H16FNO3. The lowest BCUT2D eigenvalue weighted by atomic mass is 10.2. The molecule has 0 atom stereocenters. The van der Waals surface area contributed by atoms with Gasteiger partial charge in [0.05, 0.1) is 0 Å². The lowest BCUT2D eigenvalue weighted by molar-refractivity contribution is -0.127. The maximum absolute atomic E-state index is 12.5. The molecule has 0 bridgehead atoms. The third kappa shape index (κ3) is 4.53. The first kappa shape index (κ1) is 14.2. The van der Waals surface area contributed by atoms with Gasteiger partial charge in [0.25, 0.3) is 0 Å². The summed E-state index contributed by atoms with van der Waals surface area (Å²) in [5.74, 6) is 0. The molecule has 0 N–H and O–H groups in total. The summed E-state index contributed by atoms with van der Waals surface area (Å²) < 4.78 is 17.7. The Morgan fingerprint density at radius 2 is 1.78 bits per heavy atom. The van der Waals surface area contributed by atoms with Crippen LogP contribution in [-0.4, -0.2) is 24.3 Å². The fourth-order valence-corrected chi connectivity index (χ4v) is 1.31. The molecule has 1 amide bonds. The first-order valence-corrected chi connectivity index (χ1v) is 5.53. The van der Waals surface area contributed by atoms with Crippen LogP contribution >= 0.6 is 0 Å². The Hall–Kier alpha value is -1.91. The molecule has 0 saturated heterocycles. The van der Waals surface area contributed by atoms with E-state index in [1.54, 1.807) is 51.1 Å². The molecule has 0 spiro atoms. The van der Waals surface area contributed by atoms with E-state index in [-0.39, 0.29) is 0 Å². The van der Waals surface area contributed by atoms with Crippen molar-refractivity contribution in [3.8, 4) is 0 Å². The van der Waals surface area contributed by atoms with Crippen molar-refractivity contribution in [1.82, 2.24) is 0 Å². The minimum Gasteiger partial charge on any atom is -0.443 e. The van der Waals surface area contributed by atoms with E-state index in [1.807, 2.05) is 0 Å². The van der Waals surface area contributed by atoms with Gasteiger partial charge in [0, 0.05) is 5.69 Å². The Labute approximate surface area is 105 Å². The molecule has 0 aliphatic heterocycles. The molecule has 0 aromatic heterocycles. The Bertz CT molecular complexity index is 426. The van der Waals surface area contributed by atoms with Crippen molar-refractivity contribution in [2.45, 2.75) is 26.4 Å². The van der Waals surface area contributed by atoms with Crippen molar-refractivity contribution >= 4 is 17.8 Å². The number of rotatable bonds is 3. The number of carbonyl (C=O) groups is 2. The monoisotopic (exact) mass is 253 g/mol. The summed E-state index contributed by atoms with van der Waals surface area (Å²) in [6, 6.07) is 6.75. The van der Waals surface area contributed by atoms with Crippen LogP contribution in [0.5, 0.6) is 0 Å². The molecular weight excluding hydrogens is 237 g/mol. The minimum absolute atomic E-state index is 0.415. The number of amides is 1. The van der Waals surface area contributed by atoms with Gasteiger partial charge in [0.15, 0.2) is 0 Å². The van der Waals surface area contributed by atoms with Gasteiger partial charge in [-0.3, -0.25) is 9.69 Å². The average molecular weight is 253 g/mol. The van der Waals surface area contributed by atoms with Gasteiger partial charge in [-0.15, -0.1) is 0 Å². The highest BCUT2D eigenvalue weighted by Gasteiger charge is 2.25. The van der Waals surface area contributed by atoms with Crippen molar-refractivity contribution in [3.63, 3.8) is 0 Å². The van der Waals surface area contributed by atoms with E-state index < -0.39 is 24.3 Å². The largest absolute Gasteiger partial charge is 0.443 e. The van der Waals surface area contributed by atoms with Crippen LogP contribution in [0, 0.1) is 0 Å². The third-order valence-corrected chi connectivity index (χ3v) is 1.96. The smallest absolute Gasteiger partial charge is 0.415 e. The van der Waals surface area contributed by atoms with Gasteiger partial charge in [-0.1, -0.05) is 18.2 Å². The van der Waals surface area contributed by atoms with Gasteiger partial charge in [-0.2, -0.15) is 4.39 Å². The number of benzene rings is 1. The van der Waals surface area contributed by atoms with Gasteiger partial charge < -0.3 is 4.74 Å². The molecule has 0 aliphatic carbocycles. The standard InChI is InChI=1S/C13H16FNO3/c1-13(2,3)18-12(17)15(9-11(14)16)10-7-5-4-6-8-10/h4-8H,9H2,1-3H3. The average Bonchev–Trinajstić information content (AvgIpc) is 2.24. The van der Waals surface area contributed by atoms with Crippen molar-refractivity contribution in [3.05, 3.63) is 30.3 Å². The molecule has 0 heterocycles. The molecule has 0 aliphatic rings. The predicted molar refractivity (Wildman–Crippen MR) is 66.1 cm³/mol. The number of anilines is 1. The van der Waals surface area contributed by atoms with Gasteiger partial charge >= 0.3 is 12.1 Å². The van der Waals surface area contributed by atoms with Crippen molar-refractivity contribution in [1.29, 1.82) is 0 Å². The molecule has 5 heteroatoms. The van der Waals surface area contributed by atoms with E-state index in [1.165, 1.54) is 0 Å². The zero-order valence-electron chi connectivity index (χ0n) is 10.6. The van der Waals surface area contributed by atoms with Gasteiger partial charge in [-0.25, -0.2) is 4.79 Å². The maximum Gasteiger partial charge on any atom is 0.415 e. The summed E-state index contributed by atoms with van der Waals surface area (Å²) in [4.78, 5) is 23.4. The number of nitrogens with zero attached hydrogens (tertiary/aromatic N) is 1. The van der Waals surface area contributed by atoms with Crippen LogP contribution in [0.25, 0.3) is 0 Å². The lowest BCUT2D eigenvalue weighted by Crippen LogP contribution is -2.39. The van der Waals surface area contributed by atoms with E-state index in [9.17, 15) is 14.0 Å². The van der Waals surface area contributed by atoms with Crippen molar-refractivity contribution < 1.29 is 18.7 Å². The summed E-state index contributed by atoms with van der Waals surface area (Å²) >= 11 is 0. The van der Waals surface area contributed by atoms with E-state index in [0.29, 0.717) is 5.69 Å². The Balaban J connectivity index is 2.92. The summed E-state index contributed by atoms with van der Waals surface area (Å²) in [5, 5.41) is 0. The first-order valence-electron chi connectivity index (χ1n) is 5.53. The summed E-state index contributed by atoms with van der Waals surface area (Å²) in [6.07, 6.45) is -0.750. The van der Waals surface area contributed by atoms with Gasteiger partial charge in [0.1, 0.15) is 12.1 Å². The number of hydrogen-bond donors (Lipinski definition) is 0. The van der Waals surface area contributed by atoms with E-state index in [0.717, 1.165) is 4.90 Å². The number of halogens is 1. The molecule has 98 valence electrons. The SMILES string of the molecule is CC(C)(C)OC(=O)N(CC(=O)F)c1ccccc1. The maximum atomic E-state index is 12.5. The van der Waals surface area contributed by atoms with E-state index in [4.69, 9.17) is 4.74 Å². The van der Waals surface area contributed by atoms with Crippen molar-refractivity contribution in [2.24, 2.45) is 0 Å². The molecule has 1 rings (SSSR count). The Morgan fingerprint density at radius 3 is 2.22 bits per heavy atom. The zero-order valence-corrected chi connectivity index (χ0v) is 10.6. The molecule has 4 nitrogen and oxygen atoms in total. The van der Waals surface area contributed by atoms with Crippen LogP contribution in [0.15, 0.2) is 30.3 Å². The number of ether oxygens (including phenoxy) is 1. The highest BCUT2D eigenvalue weighted by molar-refractivity contribution is 5.93. The fraction of sp³-hybridized carbons (Fsp3) is 0.385. The Morgan fingerprint density at radius 1 is 1.22 bits per heavy atom. The quantitative estimate of drug-likeness (QED) is 0.778. The summed E-state index contributed by atoms with van der Waals surface area (Å²) in [5.41, 5.74) is -0.290. The third-order valence-electron chi connectivity index (χ3n) is 1.96. The molecule has 0 saturated carbocycles. The van der Waals surface area contributed by atoms with E-state index in [2.05, 4.69) is 0 Å². The predicted octanol–water partition coefficient (Wildman–Crippen LogP) is 2.92. The van der Waals surface area contributed by atoms with Gasteiger partial charge in [0.2, 0.25) is 0 Å². The number of carbonyl (C=O) groups excluding carboxylic acids is 2. The molecule has 0 fully saturated rings. The minimum atomic E-state index is -1.59. The van der Waals surface area contributed by atoms with Crippen LogP contribution in [0.3, 0.4) is 0 Å². The highest BCUT2D eigenvalue weighted by Crippen LogP contribution is 2.17. The second kappa shape index (κ2) is 5.62. The highest BCUT2D eigenvalue weighted by atomic mass is 19.1. The Kier molecular flexibility index (Phi) is 4.42. The van der Waals surface area contributed by atoms with Crippen LogP contribution in [0.2, 0.25) is 0 Å². The number of para-hydroxylation sites is 1. The molecule has 0 unspecified atom stereocenters. The molecule has 1 aromatic rings.